The molecule has 0 saturated heterocycles. The Balaban J connectivity index is 1.65. The topological polar surface area (TPSA) is 71.5 Å². The number of furan rings is 1. The van der Waals surface area contributed by atoms with E-state index >= 15 is 0 Å². The van der Waals surface area contributed by atoms with Crippen molar-refractivity contribution in [1.29, 1.82) is 0 Å². The SMILES string of the molecule is Cc1oc(-c2ccccc2F)nc1CC(=O)NCC(c1ccco1)N(C)C. The molecule has 0 spiro atoms. The Morgan fingerprint density at radius 3 is 2.70 bits per heavy atom. The van der Waals surface area contributed by atoms with Crippen molar-refractivity contribution < 1.29 is 18.0 Å². The summed E-state index contributed by atoms with van der Waals surface area (Å²) in [6.07, 6.45) is 1.67. The normalized spacial score (nSPS) is 12.3. The molecule has 0 aliphatic rings. The first-order valence-electron chi connectivity index (χ1n) is 8.63. The quantitative estimate of drug-likeness (QED) is 0.690. The van der Waals surface area contributed by atoms with Gasteiger partial charge in [0.25, 0.3) is 0 Å². The molecule has 1 amide bonds. The zero-order chi connectivity index (χ0) is 19.4. The van der Waals surface area contributed by atoms with Gasteiger partial charge in [0.1, 0.15) is 17.3 Å². The van der Waals surface area contributed by atoms with Crippen LogP contribution in [0.3, 0.4) is 0 Å². The Morgan fingerprint density at radius 1 is 1.26 bits per heavy atom. The van der Waals surface area contributed by atoms with E-state index in [9.17, 15) is 9.18 Å². The van der Waals surface area contributed by atoms with Gasteiger partial charge in [0, 0.05) is 6.54 Å². The van der Waals surface area contributed by atoms with E-state index in [1.165, 1.54) is 6.07 Å². The molecule has 2 aromatic heterocycles. The largest absolute Gasteiger partial charge is 0.468 e. The van der Waals surface area contributed by atoms with Gasteiger partial charge in [0.15, 0.2) is 0 Å². The number of nitrogens with zero attached hydrogens (tertiary/aromatic N) is 2. The van der Waals surface area contributed by atoms with Crippen LogP contribution in [-0.4, -0.2) is 36.4 Å². The van der Waals surface area contributed by atoms with E-state index in [2.05, 4.69) is 10.3 Å². The lowest BCUT2D eigenvalue weighted by molar-refractivity contribution is -0.120. The lowest BCUT2D eigenvalue weighted by Crippen LogP contribution is -2.35. The highest BCUT2D eigenvalue weighted by atomic mass is 19.1. The fourth-order valence-electron chi connectivity index (χ4n) is 2.79. The van der Waals surface area contributed by atoms with Crippen LogP contribution in [0, 0.1) is 12.7 Å². The number of aromatic nitrogens is 1. The molecule has 1 unspecified atom stereocenters. The number of benzene rings is 1. The van der Waals surface area contributed by atoms with E-state index in [1.54, 1.807) is 31.4 Å². The van der Waals surface area contributed by atoms with Crippen LogP contribution in [0.2, 0.25) is 0 Å². The molecule has 0 fully saturated rings. The third kappa shape index (κ3) is 4.43. The summed E-state index contributed by atoms with van der Waals surface area (Å²) in [6, 6.07) is 9.86. The van der Waals surface area contributed by atoms with Gasteiger partial charge in [-0.05, 0) is 45.3 Å². The van der Waals surface area contributed by atoms with Crippen molar-refractivity contribution in [3.8, 4) is 11.5 Å². The summed E-state index contributed by atoms with van der Waals surface area (Å²) in [4.78, 5) is 18.6. The molecule has 7 heteroatoms. The molecule has 1 aromatic carbocycles. The van der Waals surface area contributed by atoms with Gasteiger partial charge in [-0.15, -0.1) is 0 Å². The van der Waals surface area contributed by atoms with Crippen molar-refractivity contribution in [2.45, 2.75) is 19.4 Å². The number of nitrogens with one attached hydrogen (secondary N) is 1. The van der Waals surface area contributed by atoms with Crippen LogP contribution in [0.25, 0.3) is 11.5 Å². The molecule has 1 atom stereocenters. The highest BCUT2D eigenvalue weighted by Crippen LogP contribution is 2.24. The third-order valence-corrected chi connectivity index (χ3v) is 4.31. The molecule has 0 aliphatic carbocycles. The number of carbonyl (C=O) groups is 1. The molecule has 6 nitrogen and oxygen atoms in total. The molecule has 0 bridgehead atoms. The maximum absolute atomic E-state index is 13.9. The monoisotopic (exact) mass is 371 g/mol. The van der Waals surface area contributed by atoms with E-state index in [0.717, 1.165) is 5.76 Å². The fraction of sp³-hybridized carbons (Fsp3) is 0.300. The second-order valence-corrected chi connectivity index (χ2v) is 6.48. The van der Waals surface area contributed by atoms with E-state index in [0.29, 0.717) is 18.0 Å². The van der Waals surface area contributed by atoms with Crippen LogP contribution in [-0.2, 0) is 11.2 Å². The summed E-state index contributed by atoms with van der Waals surface area (Å²) in [7, 11) is 3.84. The fourth-order valence-corrected chi connectivity index (χ4v) is 2.79. The summed E-state index contributed by atoms with van der Waals surface area (Å²) >= 11 is 0. The summed E-state index contributed by atoms with van der Waals surface area (Å²) in [5.41, 5.74) is 0.767. The smallest absolute Gasteiger partial charge is 0.229 e. The van der Waals surface area contributed by atoms with Gasteiger partial charge in [0.05, 0.1) is 30.0 Å². The second kappa shape index (κ2) is 8.18. The molecule has 27 heavy (non-hydrogen) atoms. The van der Waals surface area contributed by atoms with Crippen LogP contribution in [0.1, 0.15) is 23.3 Å². The molecule has 0 radical (unpaired) electrons. The Kier molecular flexibility index (Phi) is 5.71. The summed E-state index contributed by atoms with van der Waals surface area (Å²) in [6.45, 7) is 2.11. The van der Waals surface area contributed by atoms with Crippen molar-refractivity contribution in [3.05, 3.63) is 65.7 Å². The summed E-state index contributed by atoms with van der Waals surface area (Å²) in [5, 5.41) is 2.89. The van der Waals surface area contributed by atoms with Gasteiger partial charge in [0.2, 0.25) is 11.8 Å². The minimum Gasteiger partial charge on any atom is -0.468 e. The summed E-state index contributed by atoms with van der Waals surface area (Å²) < 4.78 is 24.9. The second-order valence-electron chi connectivity index (χ2n) is 6.48. The Labute approximate surface area is 157 Å². The van der Waals surface area contributed by atoms with E-state index < -0.39 is 5.82 Å². The average molecular weight is 371 g/mol. The number of rotatable bonds is 7. The molecule has 3 rings (SSSR count). The number of halogens is 1. The van der Waals surface area contributed by atoms with Crippen molar-refractivity contribution in [2.24, 2.45) is 0 Å². The molecule has 142 valence electrons. The predicted octanol–water partition coefficient (Wildman–Crippen LogP) is 3.34. The third-order valence-electron chi connectivity index (χ3n) is 4.31. The minimum absolute atomic E-state index is 0.0576. The highest BCUT2D eigenvalue weighted by Gasteiger charge is 2.20. The number of carbonyl (C=O) groups excluding carboxylic acids is 1. The predicted molar refractivity (Wildman–Crippen MR) is 98.5 cm³/mol. The summed E-state index contributed by atoms with van der Waals surface area (Å²) in [5.74, 6) is 0.848. The van der Waals surface area contributed by atoms with Crippen LogP contribution < -0.4 is 5.32 Å². The molecule has 0 saturated carbocycles. The van der Waals surface area contributed by atoms with Gasteiger partial charge in [-0.3, -0.25) is 9.69 Å². The zero-order valence-corrected chi connectivity index (χ0v) is 15.5. The number of oxazole rings is 1. The standard InChI is InChI=1S/C20H22FN3O3/c1-13-16(23-20(27-13)14-7-4-5-8-15(14)21)11-19(25)22-12-17(24(2)3)18-9-6-10-26-18/h4-10,17H,11-12H2,1-3H3,(H,22,25). The van der Waals surface area contributed by atoms with E-state index in [1.807, 2.05) is 31.1 Å². The molecule has 3 aromatic rings. The first-order valence-corrected chi connectivity index (χ1v) is 8.63. The Hall–Kier alpha value is -2.93. The molecule has 2 heterocycles. The average Bonchev–Trinajstić information content (AvgIpc) is 3.26. The molecule has 0 aliphatic heterocycles. The van der Waals surface area contributed by atoms with Crippen LogP contribution in [0.5, 0.6) is 0 Å². The van der Waals surface area contributed by atoms with Gasteiger partial charge < -0.3 is 14.2 Å². The molecular formula is C20H22FN3O3. The first-order chi connectivity index (χ1) is 13.0. The van der Waals surface area contributed by atoms with Gasteiger partial charge in [-0.2, -0.15) is 0 Å². The molecular weight excluding hydrogens is 349 g/mol. The van der Waals surface area contributed by atoms with Crippen LogP contribution in [0.15, 0.2) is 51.5 Å². The maximum atomic E-state index is 13.9. The van der Waals surface area contributed by atoms with E-state index in [4.69, 9.17) is 8.83 Å². The zero-order valence-electron chi connectivity index (χ0n) is 15.5. The van der Waals surface area contributed by atoms with Crippen molar-refractivity contribution in [1.82, 2.24) is 15.2 Å². The minimum atomic E-state index is -0.415. The highest BCUT2D eigenvalue weighted by molar-refractivity contribution is 5.78. The van der Waals surface area contributed by atoms with Crippen LogP contribution in [0.4, 0.5) is 4.39 Å². The van der Waals surface area contributed by atoms with Gasteiger partial charge >= 0.3 is 0 Å². The van der Waals surface area contributed by atoms with Crippen molar-refractivity contribution >= 4 is 5.91 Å². The lowest BCUT2D eigenvalue weighted by atomic mass is 10.2. The Morgan fingerprint density at radius 2 is 2.04 bits per heavy atom. The number of likely N-dealkylation sites (N-methyl/N-ethyl adjacent to an activating group) is 1. The molecule has 1 N–H and O–H groups in total. The first kappa shape index (κ1) is 18.8. The van der Waals surface area contributed by atoms with Crippen molar-refractivity contribution in [2.75, 3.05) is 20.6 Å². The number of amides is 1. The maximum Gasteiger partial charge on any atom is 0.229 e. The van der Waals surface area contributed by atoms with Crippen LogP contribution >= 0.6 is 0 Å². The van der Waals surface area contributed by atoms with Gasteiger partial charge in [-0.1, -0.05) is 12.1 Å². The number of hydrogen-bond donors (Lipinski definition) is 1. The van der Waals surface area contributed by atoms with E-state index in [-0.39, 0.29) is 29.8 Å². The van der Waals surface area contributed by atoms with Crippen molar-refractivity contribution in [3.63, 3.8) is 0 Å². The Bertz CT molecular complexity index is 903. The lowest BCUT2D eigenvalue weighted by Gasteiger charge is -2.22. The number of hydrogen-bond acceptors (Lipinski definition) is 5. The van der Waals surface area contributed by atoms with Gasteiger partial charge in [-0.25, -0.2) is 9.37 Å². The number of aryl methyl sites for hydroxylation is 1.